The molecule has 2 rings (SSSR count). The predicted molar refractivity (Wildman–Crippen MR) is 83.7 cm³/mol. The molecule has 0 saturated heterocycles. The Bertz CT molecular complexity index is 746. The summed E-state index contributed by atoms with van der Waals surface area (Å²) in [6.45, 7) is 3.78. The van der Waals surface area contributed by atoms with Gasteiger partial charge in [0.1, 0.15) is 10.7 Å². The van der Waals surface area contributed by atoms with E-state index in [0.29, 0.717) is 9.50 Å². The highest BCUT2D eigenvalue weighted by atomic mass is 79.9. The van der Waals surface area contributed by atoms with Crippen LogP contribution >= 0.6 is 27.5 Å². The van der Waals surface area contributed by atoms with Crippen LogP contribution in [0.3, 0.4) is 0 Å². The maximum absolute atomic E-state index is 12.4. The lowest BCUT2D eigenvalue weighted by atomic mass is 10.1. The molecule has 0 aliphatic rings. The van der Waals surface area contributed by atoms with E-state index in [1.807, 2.05) is 13.8 Å². The van der Waals surface area contributed by atoms with Crippen molar-refractivity contribution < 1.29 is 8.42 Å². The topological polar surface area (TPSA) is 59.1 Å². The molecule has 0 aliphatic carbocycles. The molecular weight excluding hydrogens is 364 g/mol. The van der Waals surface area contributed by atoms with Crippen LogP contribution in [0.25, 0.3) is 0 Å². The minimum Gasteiger partial charge on any atom is -0.263 e. The number of sulfonamides is 1. The fourth-order valence-corrected chi connectivity index (χ4v) is 3.95. The van der Waals surface area contributed by atoms with Gasteiger partial charge in [-0.15, -0.1) is 0 Å². The number of halogens is 2. The van der Waals surface area contributed by atoms with Gasteiger partial charge in [0.25, 0.3) is 10.0 Å². The number of rotatable bonds is 3. The number of nitrogens with zero attached hydrogens (tertiary/aromatic N) is 1. The molecule has 0 amide bonds. The Kier molecular flexibility index (Phi) is 4.36. The second kappa shape index (κ2) is 5.71. The molecule has 0 radical (unpaired) electrons. The average Bonchev–Trinajstić information content (AvgIpc) is 2.36. The van der Waals surface area contributed by atoms with E-state index in [1.165, 1.54) is 12.3 Å². The van der Waals surface area contributed by atoms with Gasteiger partial charge in [-0.05, 0) is 65.2 Å². The maximum atomic E-state index is 12.4. The van der Waals surface area contributed by atoms with Crippen molar-refractivity contribution in [2.45, 2.75) is 18.7 Å². The second-order valence-corrected chi connectivity index (χ2v) is 7.28. The summed E-state index contributed by atoms with van der Waals surface area (Å²) in [6.07, 6.45) is 1.38. The molecular formula is C13H12BrClN2O2S. The van der Waals surface area contributed by atoms with Crippen LogP contribution in [-0.4, -0.2) is 13.4 Å². The third-order valence-electron chi connectivity index (χ3n) is 2.80. The van der Waals surface area contributed by atoms with Crippen LogP contribution in [0.2, 0.25) is 5.02 Å². The Labute approximate surface area is 131 Å². The molecule has 0 spiro atoms. The summed E-state index contributed by atoms with van der Waals surface area (Å²) in [7, 11) is -3.70. The molecule has 1 aromatic carbocycles. The number of benzene rings is 1. The van der Waals surface area contributed by atoms with Crippen LogP contribution < -0.4 is 4.72 Å². The molecule has 1 aromatic heterocycles. The molecule has 0 aliphatic heterocycles. The monoisotopic (exact) mass is 374 g/mol. The maximum Gasteiger partial charge on any atom is 0.264 e. The third-order valence-corrected chi connectivity index (χ3v) is 5.34. The standard InChI is InChI=1S/C13H12BrClN2O2S/c1-8-5-11(14)12(6-9(8)2)20(18,19)17-13-4-3-10(15)7-16-13/h3-7H,1-2H3,(H,16,17). The fourth-order valence-electron chi connectivity index (χ4n) is 1.59. The van der Waals surface area contributed by atoms with Crippen molar-refractivity contribution in [2.75, 3.05) is 4.72 Å². The lowest BCUT2D eigenvalue weighted by Gasteiger charge is -2.11. The summed E-state index contributed by atoms with van der Waals surface area (Å²) in [6, 6.07) is 6.48. The van der Waals surface area contributed by atoms with Crippen LogP contribution in [-0.2, 0) is 10.0 Å². The van der Waals surface area contributed by atoms with Crippen molar-refractivity contribution in [3.63, 3.8) is 0 Å². The van der Waals surface area contributed by atoms with Gasteiger partial charge < -0.3 is 0 Å². The minimum absolute atomic E-state index is 0.178. The Hall–Kier alpha value is -1.11. The van der Waals surface area contributed by atoms with E-state index < -0.39 is 10.0 Å². The van der Waals surface area contributed by atoms with Gasteiger partial charge in [0, 0.05) is 10.7 Å². The largest absolute Gasteiger partial charge is 0.264 e. The zero-order valence-corrected chi connectivity index (χ0v) is 14.0. The lowest BCUT2D eigenvalue weighted by Crippen LogP contribution is -2.14. The quantitative estimate of drug-likeness (QED) is 0.884. The Morgan fingerprint density at radius 1 is 1.20 bits per heavy atom. The van der Waals surface area contributed by atoms with Crippen molar-refractivity contribution in [1.82, 2.24) is 4.98 Å². The highest BCUT2D eigenvalue weighted by Crippen LogP contribution is 2.27. The van der Waals surface area contributed by atoms with Crippen molar-refractivity contribution in [3.05, 3.63) is 51.1 Å². The van der Waals surface area contributed by atoms with E-state index in [2.05, 4.69) is 25.6 Å². The van der Waals surface area contributed by atoms with Gasteiger partial charge in [0.05, 0.1) is 5.02 Å². The van der Waals surface area contributed by atoms with Gasteiger partial charge in [-0.2, -0.15) is 0 Å². The Morgan fingerprint density at radius 3 is 2.45 bits per heavy atom. The molecule has 4 nitrogen and oxygen atoms in total. The number of aromatic nitrogens is 1. The minimum atomic E-state index is -3.70. The molecule has 1 N–H and O–H groups in total. The molecule has 106 valence electrons. The van der Waals surface area contributed by atoms with Crippen molar-refractivity contribution in [1.29, 1.82) is 0 Å². The summed E-state index contributed by atoms with van der Waals surface area (Å²) in [5.41, 5.74) is 1.91. The van der Waals surface area contributed by atoms with Gasteiger partial charge in [-0.25, -0.2) is 13.4 Å². The number of aryl methyl sites for hydroxylation is 2. The van der Waals surface area contributed by atoms with Crippen molar-refractivity contribution >= 4 is 43.4 Å². The summed E-state index contributed by atoms with van der Waals surface area (Å²) in [4.78, 5) is 4.10. The van der Waals surface area contributed by atoms with Crippen LogP contribution in [0.15, 0.2) is 39.8 Å². The second-order valence-electron chi connectivity index (χ2n) is 4.33. The fraction of sp³-hybridized carbons (Fsp3) is 0.154. The number of anilines is 1. The van der Waals surface area contributed by atoms with E-state index in [9.17, 15) is 8.42 Å². The zero-order chi connectivity index (χ0) is 14.9. The number of hydrogen-bond acceptors (Lipinski definition) is 3. The van der Waals surface area contributed by atoms with Gasteiger partial charge >= 0.3 is 0 Å². The molecule has 7 heteroatoms. The first-order valence-electron chi connectivity index (χ1n) is 5.71. The number of hydrogen-bond donors (Lipinski definition) is 1. The van der Waals surface area contributed by atoms with E-state index >= 15 is 0 Å². The smallest absolute Gasteiger partial charge is 0.263 e. The Morgan fingerprint density at radius 2 is 1.85 bits per heavy atom. The Balaban J connectivity index is 2.40. The number of nitrogens with one attached hydrogen (secondary N) is 1. The molecule has 0 atom stereocenters. The van der Waals surface area contributed by atoms with E-state index in [4.69, 9.17) is 11.6 Å². The van der Waals surface area contributed by atoms with Crippen molar-refractivity contribution in [3.8, 4) is 0 Å². The van der Waals surface area contributed by atoms with Gasteiger partial charge in [-0.3, -0.25) is 4.72 Å². The van der Waals surface area contributed by atoms with Crippen LogP contribution in [0.4, 0.5) is 5.82 Å². The lowest BCUT2D eigenvalue weighted by molar-refractivity contribution is 0.600. The molecule has 0 fully saturated rings. The van der Waals surface area contributed by atoms with Crippen LogP contribution in [0.5, 0.6) is 0 Å². The van der Waals surface area contributed by atoms with E-state index in [0.717, 1.165) is 11.1 Å². The first kappa shape index (κ1) is 15.3. The first-order chi connectivity index (χ1) is 9.29. The van der Waals surface area contributed by atoms with Crippen LogP contribution in [0, 0.1) is 13.8 Å². The highest BCUT2D eigenvalue weighted by molar-refractivity contribution is 9.10. The highest BCUT2D eigenvalue weighted by Gasteiger charge is 2.19. The van der Waals surface area contributed by atoms with Gasteiger partial charge in [0.15, 0.2) is 0 Å². The number of pyridine rings is 1. The van der Waals surface area contributed by atoms with E-state index in [1.54, 1.807) is 18.2 Å². The SMILES string of the molecule is Cc1cc(Br)c(S(=O)(=O)Nc2ccc(Cl)cn2)cc1C. The summed E-state index contributed by atoms with van der Waals surface area (Å²) in [5, 5.41) is 0.445. The predicted octanol–water partition coefficient (Wildman–Crippen LogP) is 3.92. The summed E-state index contributed by atoms with van der Waals surface area (Å²) in [5.74, 6) is 0.222. The van der Waals surface area contributed by atoms with Crippen molar-refractivity contribution in [2.24, 2.45) is 0 Å². The summed E-state index contributed by atoms with van der Waals surface area (Å²) < 4.78 is 27.7. The average molecular weight is 376 g/mol. The molecule has 2 aromatic rings. The normalized spacial score (nSPS) is 11.4. The van der Waals surface area contributed by atoms with Gasteiger partial charge in [-0.1, -0.05) is 11.6 Å². The molecule has 0 unspecified atom stereocenters. The van der Waals surface area contributed by atoms with Crippen LogP contribution in [0.1, 0.15) is 11.1 Å². The molecule has 0 saturated carbocycles. The van der Waals surface area contributed by atoms with E-state index in [-0.39, 0.29) is 10.7 Å². The summed E-state index contributed by atoms with van der Waals surface area (Å²) >= 11 is 9.00. The third kappa shape index (κ3) is 3.31. The molecule has 0 bridgehead atoms. The first-order valence-corrected chi connectivity index (χ1v) is 8.36. The van der Waals surface area contributed by atoms with Gasteiger partial charge in [0.2, 0.25) is 0 Å². The molecule has 20 heavy (non-hydrogen) atoms. The zero-order valence-electron chi connectivity index (χ0n) is 10.8. The molecule has 1 heterocycles.